The largest absolute Gasteiger partial charge is 0.381 e. The predicted molar refractivity (Wildman–Crippen MR) is 107 cm³/mol. The lowest BCUT2D eigenvalue weighted by Crippen LogP contribution is -2.30. The van der Waals surface area contributed by atoms with Crippen LogP contribution in [0.3, 0.4) is 0 Å². The number of ether oxygens (including phenoxy) is 1. The zero-order valence-corrected chi connectivity index (χ0v) is 17.1. The van der Waals surface area contributed by atoms with E-state index in [1.807, 2.05) is 0 Å². The highest BCUT2D eigenvalue weighted by Crippen LogP contribution is 2.14. The Bertz CT molecular complexity index is 266. The van der Waals surface area contributed by atoms with Gasteiger partial charge < -0.3 is 9.64 Å². The molecule has 0 radical (unpaired) electrons. The molecule has 1 heterocycles. The van der Waals surface area contributed by atoms with Crippen LogP contribution in [0.1, 0.15) is 104 Å². The molecule has 24 heavy (non-hydrogen) atoms. The Balaban J connectivity index is 1.70. The third-order valence-corrected chi connectivity index (χ3v) is 5.00. The molecule has 1 fully saturated rings. The van der Waals surface area contributed by atoms with Crippen LogP contribution in [0.25, 0.3) is 0 Å². The topological polar surface area (TPSA) is 12.5 Å². The molecule has 144 valence electrons. The normalized spacial score (nSPS) is 16.6. The fourth-order valence-corrected chi connectivity index (χ4v) is 3.52. The summed E-state index contributed by atoms with van der Waals surface area (Å²) in [6.45, 7) is 12.6. The maximum absolute atomic E-state index is 5.72. The highest BCUT2D eigenvalue weighted by Gasteiger charge is 2.09. The Kier molecular flexibility index (Phi) is 12.9. The van der Waals surface area contributed by atoms with Crippen molar-refractivity contribution in [1.82, 2.24) is 4.90 Å². The average molecular weight is 340 g/mol. The van der Waals surface area contributed by atoms with Gasteiger partial charge in [-0.2, -0.15) is 0 Å². The van der Waals surface area contributed by atoms with Gasteiger partial charge in [-0.05, 0) is 50.7 Å². The Morgan fingerprint density at radius 3 is 1.71 bits per heavy atom. The van der Waals surface area contributed by atoms with Gasteiger partial charge in [0, 0.05) is 6.61 Å². The lowest BCUT2D eigenvalue weighted by molar-refractivity contribution is 0.0686. The van der Waals surface area contributed by atoms with Gasteiger partial charge in [-0.3, -0.25) is 0 Å². The first-order valence-corrected chi connectivity index (χ1v) is 10.9. The molecule has 0 aromatic rings. The molecule has 0 amide bonds. The van der Waals surface area contributed by atoms with Crippen LogP contribution in [-0.4, -0.2) is 37.7 Å². The lowest BCUT2D eigenvalue weighted by atomic mass is 9.99. The standard InChI is InChI=1S/C22H45NO/c1-22(2,3)21-24-20-16-11-9-7-5-4-6-8-10-13-17-23-18-14-12-15-19-23/h4-21H2,1-3H3. The number of unbranched alkanes of at least 4 members (excludes halogenated alkanes) is 9. The van der Waals surface area contributed by atoms with E-state index >= 15 is 0 Å². The van der Waals surface area contributed by atoms with E-state index in [-0.39, 0.29) is 0 Å². The average Bonchev–Trinajstić information content (AvgIpc) is 2.55. The van der Waals surface area contributed by atoms with E-state index in [2.05, 4.69) is 25.7 Å². The van der Waals surface area contributed by atoms with Gasteiger partial charge in [-0.15, -0.1) is 0 Å². The van der Waals surface area contributed by atoms with Crippen LogP contribution in [-0.2, 0) is 4.74 Å². The SMILES string of the molecule is CC(C)(C)COCCCCCCCCCCCCN1CCCCC1. The number of hydrogen-bond donors (Lipinski definition) is 0. The summed E-state index contributed by atoms with van der Waals surface area (Å²) in [7, 11) is 0. The predicted octanol–water partition coefficient (Wildman–Crippen LogP) is 6.44. The number of nitrogens with zero attached hydrogens (tertiary/aromatic N) is 1. The molecule has 1 rings (SSSR count). The van der Waals surface area contributed by atoms with Gasteiger partial charge in [-0.25, -0.2) is 0 Å². The second-order valence-electron chi connectivity index (χ2n) is 9.05. The quantitative estimate of drug-likeness (QED) is 0.338. The first-order chi connectivity index (χ1) is 11.6. The molecular formula is C22H45NO. The first kappa shape index (κ1) is 22.0. The molecule has 0 aromatic heterocycles. The zero-order valence-electron chi connectivity index (χ0n) is 17.1. The number of rotatable bonds is 14. The lowest BCUT2D eigenvalue weighted by Gasteiger charge is -2.26. The van der Waals surface area contributed by atoms with Crippen molar-refractivity contribution in [3.63, 3.8) is 0 Å². The van der Waals surface area contributed by atoms with Crippen molar-refractivity contribution in [2.24, 2.45) is 5.41 Å². The van der Waals surface area contributed by atoms with Crippen LogP contribution >= 0.6 is 0 Å². The van der Waals surface area contributed by atoms with E-state index in [0.717, 1.165) is 13.2 Å². The zero-order chi connectivity index (χ0) is 17.5. The molecule has 2 heteroatoms. The highest BCUT2D eigenvalue weighted by atomic mass is 16.5. The molecule has 0 N–H and O–H groups in total. The smallest absolute Gasteiger partial charge is 0.0514 e. The molecule has 1 aliphatic rings. The number of likely N-dealkylation sites (tertiary alicyclic amines) is 1. The maximum Gasteiger partial charge on any atom is 0.0514 e. The molecule has 1 saturated heterocycles. The van der Waals surface area contributed by atoms with Crippen molar-refractivity contribution in [2.75, 3.05) is 32.8 Å². The van der Waals surface area contributed by atoms with Gasteiger partial charge in [0.25, 0.3) is 0 Å². The van der Waals surface area contributed by atoms with Crippen molar-refractivity contribution in [3.05, 3.63) is 0 Å². The Morgan fingerprint density at radius 1 is 0.667 bits per heavy atom. The molecule has 2 nitrogen and oxygen atoms in total. The van der Waals surface area contributed by atoms with E-state index in [1.54, 1.807) is 0 Å². The minimum absolute atomic E-state index is 0.313. The fourth-order valence-electron chi connectivity index (χ4n) is 3.52. The molecule has 0 aliphatic carbocycles. The number of piperidine rings is 1. The van der Waals surface area contributed by atoms with E-state index < -0.39 is 0 Å². The molecule has 0 saturated carbocycles. The van der Waals surface area contributed by atoms with E-state index in [4.69, 9.17) is 4.74 Å². The fraction of sp³-hybridized carbons (Fsp3) is 1.00. The Hall–Kier alpha value is -0.0800. The van der Waals surface area contributed by atoms with Crippen LogP contribution in [0.5, 0.6) is 0 Å². The molecule has 1 aliphatic heterocycles. The van der Waals surface area contributed by atoms with Gasteiger partial charge in [0.15, 0.2) is 0 Å². The Labute approximate surface area is 152 Å². The molecule has 0 spiro atoms. The summed E-state index contributed by atoms with van der Waals surface area (Å²) in [5.74, 6) is 0. The summed E-state index contributed by atoms with van der Waals surface area (Å²) in [5.41, 5.74) is 0.313. The van der Waals surface area contributed by atoms with Crippen molar-refractivity contribution in [2.45, 2.75) is 104 Å². The first-order valence-electron chi connectivity index (χ1n) is 10.9. The molecule has 0 unspecified atom stereocenters. The van der Waals surface area contributed by atoms with Crippen LogP contribution in [0.4, 0.5) is 0 Å². The summed E-state index contributed by atoms with van der Waals surface area (Å²) >= 11 is 0. The second-order valence-corrected chi connectivity index (χ2v) is 9.05. The monoisotopic (exact) mass is 339 g/mol. The summed E-state index contributed by atoms with van der Waals surface area (Å²) in [5, 5.41) is 0. The molecule has 0 atom stereocenters. The van der Waals surface area contributed by atoms with Crippen molar-refractivity contribution in [1.29, 1.82) is 0 Å². The highest BCUT2D eigenvalue weighted by molar-refractivity contribution is 4.64. The van der Waals surface area contributed by atoms with Gasteiger partial charge in [0.05, 0.1) is 6.61 Å². The van der Waals surface area contributed by atoms with Crippen LogP contribution < -0.4 is 0 Å². The second kappa shape index (κ2) is 14.1. The maximum atomic E-state index is 5.72. The van der Waals surface area contributed by atoms with Gasteiger partial charge in [0.2, 0.25) is 0 Å². The van der Waals surface area contributed by atoms with Crippen molar-refractivity contribution < 1.29 is 4.74 Å². The summed E-state index contributed by atoms with van der Waals surface area (Å²) < 4.78 is 5.72. The van der Waals surface area contributed by atoms with Crippen LogP contribution in [0, 0.1) is 5.41 Å². The Morgan fingerprint density at radius 2 is 1.17 bits per heavy atom. The number of hydrogen-bond acceptors (Lipinski definition) is 2. The van der Waals surface area contributed by atoms with Gasteiger partial charge in [0.1, 0.15) is 0 Å². The summed E-state index contributed by atoms with van der Waals surface area (Å²) in [6.07, 6.45) is 18.4. The molecule has 0 aromatic carbocycles. The minimum Gasteiger partial charge on any atom is -0.381 e. The molecular weight excluding hydrogens is 294 g/mol. The van der Waals surface area contributed by atoms with Gasteiger partial charge >= 0.3 is 0 Å². The third-order valence-electron chi connectivity index (χ3n) is 5.00. The van der Waals surface area contributed by atoms with Gasteiger partial charge in [-0.1, -0.05) is 78.6 Å². The summed E-state index contributed by atoms with van der Waals surface area (Å²) in [4.78, 5) is 2.68. The van der Waals surface area contributed by atoms with Crippen molar-refractivity contribution in [3.8, 4) is 0 Å². The minimum atomic E-state index is 0.313. The van der Waals surface area contributed by atoms with E-state index in [1.165, 1.54) is 103 Å². The van der Waals surface area contributed by atoms with Crippen LogP contribution in [0.2, 0.25) is 0 Å². The summed E-state index contributed by atoms with van der Waals surface area (Å²) in [6, 6.07) is 0. The third kappa shape index (κ3) is 14.3. The van der Waals surface area contributed by atoms with Crippen molar-refractivity contribution >= 4 is 0 Å². The van der Waals surface area contributed by atoms with Crippen LogP contribution in [0.15, 0.2) is 0 Å². The van der Waals surface area contributed by atoms with E-state index in [0.29, 0.717) is 5.41 Å². The molecule has 0 bridgehead atoms. The van der Waals surface area contributed by atoms with E-state index in [9.17, 15) is 0 Å².